The summed E-state index contributed by atoms with van der Waals surface area (Å²) in [4.78, 5) is 43.0. The molecule has 3 amide bonds. The van der Waals surface area contributed by atoms with E-state index in [0.717, 1.165) is 65.0 Å². The number of hydrogen-bond donors (Lipinski definition) is 1. The quantitative estimate of drug-likeness (QED) is 0.484. The van der Waals surface area contributed by atoms with Gasteiger partial charge in [0.25, 0.3) is 0 Å². The average molecular weight is 490 g/mol. The number of carbonyl (C=O) groups is 3. The van der Waals surface area contributed by atoms with Crippen molar-refractivity contribution < 1.29 is 18.8 Å². The molecule has 8 nitrogen and oxygen atoms in total. The number of carbonyl (C=O) groups excluding carboxylic acids is 3. The van der Waals surface area contributed by atoms with E-state index in [1.165, 1.54) is 17.4 Å². The fraction of sp³-hybridized carbons (Fsp3) is 0.654. The van der Waals surface area contributed by atoms with Crippen LogP contribution in [0.1, 0.15) is 44.9 Å². The molecular formula is C26H40FN5O3. The van der Waals surface area contributed by atoms with Crippen LogP contribution in [0.3, 0.4) is 0 Å². The number of likely N-dealkylation sites (tertiary alicyclic amines) is 1. The third-order valence-corrected chi connectivity index (χ3v) is 7.19. The van der Waals surface area contributed by atoms with E-state index in [-0.39, 0.29) is 30.6 Å². The van der Waals surface area contributed by atoms with Crippen molar-refractivity contribution in [2.75, 3.05) is 69.7 Å². The standard InChI is InChI=1S/C26H40FN5O3/c1-28-25(34)10-17-32(20-33)22-6-7-24(23(27)18-22)30-15-8-21(9-16-30)19-29(2)14-11-26(35)31-12-4-3-5-13-31/h6-7,18,20-21H,3-5,8-17,19H2,1-2H3,(H,28,34). The van der Waals surface area contributed by atoms with Crippen molar-refractivity contribution in [2.45, 2.75) is 44.9 Å². The first-order valence-corrected chi connectivity index (χ1v) is 12.8. The van der Waals surface area contributed by atoms with Crippen LogP contribution in [0.5, 0.6) is 0 Å². The van der Waals surface area contributed by atoms with Gasteiger partial charge in [0, 0.05) is 71.4 Å². The fourth-order valence-electron chi connectivity index (χ4n) is 5.00. The second kappa shape index (κ2) is 13.4. The Labute approximate surface area is 208 Å². The summed E-state index contributed by atoms with van der Waals surface area (Å²) in [5.74, 6) is 0.267. The Bertz CT molecular complexity index is 853. The minimum absolute atomic E-state index is 0.160. The van der Waals surface area contributed by atoms with Gasteiger partial charge < -0.3 is 24.9 Å². The maximum atomic E-state index is 14.9. The smallest absolute Gasteiger partial charge is 0.223 e. The number of anilines is 2. The van der Waals surface area contributed by atoms with E-state index in [2.05, 4.69) is 22.2 Å². The maximum Gasteiger partial charge on any atom is 0.223 e. The van der Waals surface area contributed by atoms with E-state index in [0.29, 0.717) is 30.1 Å². The number of benzene rings is 1. The molecule has 0 saturated carbocycles. The summed E-state index contributed by atoms with van der Waals surface area (Å²) < 4.78 is 14.9. The number of piperidine rings is 2. The van der Waals surface area contributed by atoms with E-state index in [1.54, 1.807) is 19.2 Å². The van der Waals surface area contributed by atoms with E-state index >= 15 is 0 Å². The van der Waals surface area contributed by atoms with E-state index < -0.39 is 0 Å². The lowest BCUT2D eigenvalue weighted by Crippen LogP contribution is -2.40. The SMILES string of the molecule is CNC(=O)CCN(C=O)c1ccc(N2CCC(CN(C)CCC(=O)N3CCCCC3)CC2)c(F)c1. The zero-order chi connectivity index (χ0) is 25.2. The van der Waals surface area contributed by atoms with Gasteiger partial charge in [0.2, 0.25) is 18.2 Å². The Morgan fingerprint density at radius 3 is 2.43 bits per heavy atom. The highest BCUT2D eigenvalue weighted by Crippen LogP contribution is 2.29. The third kappa shape index (κ3) is 7.92. The van der Waals surface area contributed by atoms with Crippen LogP contribution in [-0.4, -0.2) is 87.9 Å². The Kier molecular flexibility index (Phi) is 10.3. The summed E-state index contributed by atoms with van der Waals surface area (Å²) in [5, 5.41) is 2.52. The van der Waals surface area contributed by atoms with Gasteiger partial charge in [-0.25, -0.2) is 4.39 Å². The lowest BCUT2D eigenvalue weighted by atomic mass is 9.95. The molecule has 1 N–H and O–H groups in total. The monoisotopic (exact) mass is 489 g/mol. The van der Waals surface area contributed by atoms with Gasteiger partial charge in [-0.3, -0.25) is 14.4 Å². The van der Waals surface area contributed by atoms with E-state index in [1.807, 2.05) is 4.90 Å². The van der Waals surface area contributed by atoms with Crippen molar-refractivity contribution >= 4 is 29.6 Å². The van der Waals surface area contributed by atoms with Crippen molar-refractivity contribution in [1.29, 1.82) is 0 Å². The van der Waals surface area contributed by atoms with Crippen molar-refractivity contribution in [3.05, 3.63) is 24.0 Å². The molecule has 0 unspecified atom stereocenters. The zero-order valence-electron chi connectivity index (χ0n) is 21.2. The molecule has 0 bridgehead atoms. The second-order valence-electron chi connectivity index (χ2n) is 9.74. The van der Waals surface area contributed by atoms with Crippen LogP contribution in [0.15, 0.2) is 18.2 Å². The first kappa shape index (κ1) is 26.9. The van der Waals surface area contributed by atoms with Crippen molar-refractivity contribution in [3.63, 3.8) is 0 Å². The lowest BCUT2D eigenvalue weighted by molar-refractivity contribution is -0.132. The molecule has 1 aromatic rings. The van der Waals surface area contributed by atoms with Crippen LogP contribution >= 0.6 is 0 Å². The molecule has 0 atom stereocenters. The number of nitrogens with one attached hydrogen (secondary N) is 1. The highest BCUT2D eigenvalue weighted by molar-refractivity contribution is 5.80. The molecule has 1 aromatic carbocycles. The van der Waals surface area contributed by atoms with Gasteiger partial charge >= 0.3 is 0 Å². The molecule has 2 fully saturated rings. The summed E-state index contributed by atoms with van der Waals surface area (Å²) in [6, 6.07) is 4.82. The Hall–Kier alpha value is -2.68. The van der Waals surface area contributed by atoms with Gasteiger partial charge in [0.05, 0.1) is 5.69 Å². The van der Waals surface area contributed by atoms with Crippen LogP contribution < -0.4 is 15.1 Å². The van der Waals surface area contributed by atoms with Crippen molar-refractivity contribution in [1.82, 2.24) is 15.1 Å². The van der Waals surface area contributed by atoms with Gasteiger partial charge in [-0.2, -0.15) is 0 Å². The summed E-state index contributed by atoms with van der Waals surface area (Å²) >= 11 is 0. The van der Waals surface area contributed by atoms with Gasteiger partial charge in [-0.15, -0.1) is 0 Å². The number of amides is 3. The van der Waals surface area contributed by atoms with Crippen LogP contribution in [-0.2, 0) is 14.4 Å². The highest BCUT2D eigenvalue weighted by Gasteiger charge is 2.24. The number of hydrogen-bond acceptors (Lipinski definition) is 5. The fourth-order valence-corrected chi connectivity index (χ4v) is 5.00. The summed E-state index contributed by atoms with van der Waals surface area (Å²) in [5.41, 5.74) is 0.991. The molecule has 0 spiro atoms. The average Bonchev–Trinajstić information content (AvgIpc) is 2.88. The lowest BCUT2D eigenvalue weighted by Gasteiger charge is -2.35. The molecule has 2 aliphatic heterocycles. The first-order chi connectivity index (χ1) is 16.9. The molecule has 0 aliphatic carbocycles. The summed E-state index contributed by atoms with van der Waals surface area (Å²) in [7, 11) is 3.62. The molecule has 194 valence electrons. The van der Waals surface area contributed by atoms with Crippen molar-refractivity contribution in [3.8, 4) is 0 Å². The van der Waals surface area contributed by atoms with Crippen LogP contribution in [0.25, 0.3) is 0 Å². The first-order valence-electron chi connectivity index (χ1n) is 12.8. The molecule has 9 heteroatoms. The molecule has 35 heavy (non-hydrogen) atoms. The number of rotatable bonds is 11. The minimum Gasteiger partial charge on any atom is -0.369 e. The topological polar surface area (TPSA) is 76.2 Å². The van der Waals surface area contributed by atoms with E-state index in [4.69, 9.17) is 0 Å². The third-order valence-electron chi connectivity index (χ3n) is 7.19. The predicted octanol–water partition coefficient (Wildman–Crippen LogP) is 2.48. The Balaban J connectivity index is 1.44. The second-order valence-corrected chi connectivity index (χ2v) is 9.74. The molecular weight excluding hydrogens is 449 g/mol. The maximum absolute atomic E-state index is 14.9. The van der Waals surface area contributed by atoms with Crippen LogP contribution in [0, 0.1) is 11.7 Å². The van der Waals surface area contributed by atoms with E-state index in [9.17, 15) is 18.8 Å². The molecule has 0 radical (unpaired) electrons. The Morgan fingerprint density at radius 2 is 1.80 bits per heavy atom. The molecule has 2 aliphatic rings. The molecule has 2 saturated heterocycles. The highest BCUT2D eigenvalue weighted by atomic mass is 19.1. The molecule has 3 rings (SSSR count). The molecule has 2 heterocycles. The Morgan fingerprint density at radius 1 is 1.09 bits per heavy atom. The summed E-state index contributed by atoms with van der Waals surface area (Å²) in [6.45, 7) is 5.28. The largest absolute Gasteiger partial charge is 0.369 e. The number of nitrogens with zero attached hydrogens (tertiary/aromatic N) is 4. The summed E-state index contributed by atoms with van der Waals surface area (Å²) in [6.07, 6.45) is 6.77. The predicted molar refractivity (Wildman–Crippen MR) is 136 cm³/mol. The zero-order valence-corrected chi connectivity index (χ0v) is 21.2. The van der Waals surface area contributed by atoms with Crippen molar-refractivity contribution in [2.24, 2.45) is 5.92 Å². The molecule has 0 aromatic heterocycles. The van der Waals surface area contributed by atoms with Gasteiger partial charge in [0.1, 0.15) is 5.82 Å². The number of halogens is 1. The van der Waals surface area contributed by atoms with Gasteiger partial charge in [0.15, 0.2) is 0 Å². The van der Waals surface area contributed by atoms with Crippen LogP contribution in [0.2, 0.25) is 0 Å². The van der Waals surface area contributed by atoms with Gasteiger partial charge in [-0.05, 0) is 63.3 Å². The minimum atomic E-state index is -0.360. The normalized spacial score (nSPS) is 16.9. The van der Waals surface area contributed by atoms with Gasteiger partial charge in [-0.1, -0.05) is 0 Å². The van der Waals surface area contributed by atoms with Crippen LogP contribution in [0.4, 0.5) is 15.8 Å².